The van der Waals surface area contributed by atoms with Gasteiger partial charge in [0.25, 0.3) is 5.91 Å². The number of ether oxygens (including phenoxy) is 2. The zero-order valence-electron chi connectivity index (χ0n) is 13.9. The Balaban J connectivity index is 1.29. The maximum atomic E-state index is 12.2. The Hall–Kier alpha value is -3.35. The number of amides is 1. The van der Waals surface area contributed by atoms with Gasteiger partial charge in [-0.2, -0.15) is 4.98 Å². The molecule has 1 N–H and O–H groups in total. The predicted octanol–water partition coefficient (Wildman–Crippen LogP) is 2.24. The van der Waals surface area contributed by atoms with E-state index in [1.54, 1.807) is 6.07 Å². The fraction of sp³-hybridized carbons (Fsp3) is 0.211. The zero-order chi connectivity index (χ0) is 17.8. The van der Waals surface area contributed by atoms with Crippen LogP contribution < -0.4 is 14.8 Å². The summed E-state index contributed by atoms with van der Waals surface area (Å²) in [6.45, 7) is 0.554. The molecule has 3 aromatic rings. The van der Waals surface area contributed by atoms with Gasteiger partial charge in [0, 0.05) is 18.5 Å². The summed E-state index contributed by atoms with van der Waals surface area (Å²) in [6.07, 6.45) is -0.233. The third kappa shape index (κ3) is 3.51. The summed E-state index contributed by atoms with van der Waals surface area (Å²) in [5.74, 6) is 1.99. The molecule has 0 radical (unpaired) electrons. The molecule has 0 aliphatic carbocycles. The average Bonchev–Trinajstić information content (AvgIpc) is 3.17. The molecule has 2 heterocycles. The normalized spacial score (nSPS) is 15.5. The Kier molecular flexibility index (Phi) is 4.51. The smallest absolute Gasteiger partial charge is 0.264 e. The lowest BCUT2D eigenvalue weighted by Crippen LogP contribution is -2.44. The first-order valence-corrected chi connectivity index (χ1v) is 8.34. The van der Waals surface area contributed by atoms with Gasteiger partial charge in [0.15, 0.2) is 11.5 Å². The van der Waals surface area contributed by atoms with Gasteiger partial charge in [0.2, 0.25) is 17.8 Å². The minimum Gasteiger partial charge on any atom is -0.485 e. The number of hydrogen-bond acceptors (Lipinski definition) is 6. The third-order valence-corrected chi connectivity index (χ3v) is 3.94. The van der Waals surface area contributed by atoms with E-state index in [1.165, 1.54) is 0 Å². The quantitative estimate of drug-likeness (QED) is 0.759. The van der Waals surface area contributed by atoms with E-state index in [-0.39, 0.29) is 12.5 Å². The fourth-order valence-electron chi connectivity index (χ4n) is 2.62. The van der Waals surface area contributed by atoms with E-state index in [0.717, 1.165) is 5.56 Å². The molecule has 26 heavy (non-hydrogen) atoms. The van der Waals surface area contributed by atoms with Crippen LogP contribution in [0, 0.1) is 0 Å². The maximum absolute atomic E-state index is 12.2. The van der Waals surface area contributed by atoms with Crippen LogP contribution in [0.25, 0.3) is 11.4 Å². The van der Waals surface area contributed by atoms with Crippen molar-refractivity contribution in [3.8, 4) is 22.9 Å². The van der Waals surface area contributed by atoms with Crippen LogP contribution in [0.3, 0.4) is 0 Å². The molecular formula is C19H17N3O4. The summed E-state index contributed by atoms with van der Waals surface area (Å²) in [6, 6.07) is 16.9. The van der Waals surface area contributed by atoms with Crippen molar-refractivity contribution >= 4 is 5.91 Å². The van der Waals surface area contributed by atoms with Gasteiger partial charge >= 0.3 is 0 Å². The molecule has 1 aliphatic rings. The van der Waals surface area contributed by atoms with Crippen molar-refractivity contribution in [1.82, 2.24) is 15.5 Å². The third-order valence-electron chi connectivity index (χ3n) is 3.94. The summed E-state index contributed by atoms with van der Waals surface area (Å²) in [4.78, 5) is 16.6. The molecule has 1 unspecified atom stereocenters. The highest BCUT2D eigenvalue weighted by Gasteiger charge is 2.27. The summed E-state index contributed by atoms with van der Waals surface area (Å²) in [7, 11) is 0. The Bertz CT molecular complexity index is 895. The van der Waals surface area contributed by atoms with Crippen molar-refractivity contribution in [2.24, 2.45) is 0 Å². The van der Waals surface area contributed by atoms with Gasteiger partial charge in [-0.3, -0.25) is 4.79 Å². The van der Waals surface area contributed by atoms with Gasteiger partial charge in [-0.1, -0.05) is 47.6 Å². The molecule has 0 fully saturated rings. The van der Waals surface area contributed by atoms with Gasteiger partial charge in [0.05, 0.1) is 0 Å². The molecule has 132 valence electrons. The van der Waals surface area contributed by atoms with Gasteiger partial charge in [-0.25, -0.2) is 0 Å². The lowest BCUT2D eigenvalue weighted by Gasteiger charge is -2.25. The second kappa shape index (κ2) is 7.26. The SMILES string of the molecule is O=C(NCCc1nc(-c2ccccc2)no1)C1COc2ccccc2O1. The standard InChI is InChI=1S/C19H17N3O4/c23-19(16-12-24-14-8-4-5-9-15(14)25-16)20-11-10-17-21-18(22-26-17)13-6-2-1-3-7-13/h1-9,16H,10-12H2,(H,20,23). The first-order valence-electron chi connectivity index (χ1n) is 8.34. The zero-order valence-corrected chi connectivity index (χ0v) is 13.9. The number of carbonyl (C=O) groups is 1. The summed E-state index contributed by atoms with van der Waals surface area (Å²) >= 11 is 0. The Morgan fingerprint density at radius 2 is 1.85 bits per heavy atom. The van der Waals surface area contributed by atoms with Crippen molar-refractivity contribution in [1.29, 1.82) is 0 Å². The first kappa shape index (κ1) is 16.1. The number of aromatic nitrogens is 2. The van der Waals surface area contributed by atoms with E-state index >= 15 is 0 Å². The number of rotatable bonds is 5. The number of fused-ring (bicyclic) bond motifs is 1. The number of nitrogens with one attached hydrogen (secondary N) is 1. The Labute approximate surface area is 149 Å². The van der Waals surface area contributed by atoms with Gasteiger partial charge in [-0.05, 0) is 12.1 Å². The molecule has 0 saturated heterocycles. The second-order valence-corrected chi connectivity index (χ2v) is 5.78. The van der Waals surface area contributed by atoms with E-state index in [9.17, 15) is 4.79 Å². The second-order valence-electron chi connectivity index (χ2n) is 5.78. The highest BCUT2D eigenvalue weighted by atomic mass is 16.6. The van der Waals surface area contributed by atoms with E-state index in [2.05, 4.69) is 15.5 Å². The van der Waals surface area contributed by atoms with Crippen molar-refractivity contribution in [2.45, 2.75) is 12.5 Å². The number of hydrogen-bond donors (Lipinski definition) is 1. The number of carbonyl (C=O) groups excluding carboxylic acids is 1. The van der Waals surface area contributed by atoms with E-state index in [0.29, 0.717) is 36.2 Å². The highest BCUT2D eigenvalue weighted by molar-refractivity contribution is 5.81. The average molecular weight is 351 g/mol. The molecule has 7 nitrogen and oxygen atoms in total. The summed E-state index contributed by atoms with van der Waals surface area (Å²) in [5.41, 5.74) is 0.887. The number of nitrogens with zero attached hydrogens (tertiary/aromatic N) is 2. The monoisotopic (exact) mass is 351 g/mol. The summed E-state index contributed by atoms with van der Waals surface area (Å²) in [5, 5.41) is 6.76. The first-order chi connectivity index (χ1) is 12.8. The molecule has 1 aliphatic heterocycles. The van der Waals surface area contributed by atoms with Crippen LogP contribution in [0.15, 0.2) is 59.1 Å². The highest BCUT2D eigenvalue weighted by Crippen LogP contribution is 2.30. The molecule has 7 heteroatoms. The molecule has 4 rings (SSSR count). The molecule has 1 amide bonds. The van der Waals surface area contributed by atoms with Gasteiger partial charge in [-0.15, -0.1) is 0 Å². The molecule has 0 saturated carbocycles. The van der Waals surface area contributed by atoms with Crippen LogP contribution in [-0.4, -0.2) is 35.3 Å². The van der Waals surface area contributed by atoms with Crippen LogP contribution in [0.2, 0.25) is 0 Å². The molecule has 1 aromatic heterocycles. The van der Waals surface area contributed by atoms with Crippen molar-refractivity contribution in [3.63, 3.8) is 0 Å². The largest absolute Gasteiger partial charge is 0.485 e. The van der Waals surface area contributed by atoms with Gasteiger partial charge < -0.3 is 19.3 Å². The lowest BCUT2D eigenvalue weighted by molar-refractivity contribution is -0.130. The Morgan fingerprint density at radius 1 is 1.08 bits per heavy atom. The van der Waals surface area contributed by atoms with Crippen LogP contribution in [0.5, 0.6) is 11.5 Å². The molecule has 0 spiro atoms. The number of benzene rings is 2. The Morgan fingerprint density at radius 3 is 2.69 bits per heavy atom. The van der Waals surface area contributed by atoms with Gasteiger partial charge in [0.1, 0.15) is 6.61 Å². The van der Waals surface area contributed by atoms with Crippen molar-refractivity contribution in [3.05, 3.63) is 60.5 Å². The lowest BCUT2D eigenvalue weighted by atomic mass is 10.2. The van der Waals surface area contributed by atoms with Crippen LogP contribution in [0.4, 0.5) is 0 Å². The minimum atomic E-state index is -0.674. The molecule has 0 bridgehead atoms. The maximum Gasteiger partial charge on any atom is 0.264 e. The molecule has 2 aromatic carbocycles. The van der Waals surface area contributed by atoms with Crippen molar-refractivity contribution in [2.75, 3.05) is 13.2 Å². The number of para-hydroxylation sites is 2. The van der Waals surface area contributed by atoms with Crippen LogP contribution in [0.1, 0.15) is 5.89 Å². The predicted molar refractivity (Wildman–Crippen MR) is 92.8 cm³/mol. The topological polar surface area (TPSA) is 86.5 Å². The van der Waals surface area contributed by atoms with Crippen LogP contribution >= 0.6 is 0 Å². The van der Waals surface area contributed by atoms with Crippen LogP contribution in [-0.2, 0) is 11.2 Å². The van der Waals surface area contributed by atoms with Crippen molar-refractivity contribution < 1.29 is 18.8 Å². The minimum absolute atomic E-state index is 0.182. The molecule has 1 atom stereocenters. The van der Waals surface area contributed by atoms with E-state index < -0.39 is 6.10 Å². The summed E-state index contributed by atoms with van der Waals surface area (Å²) < 4.78 is 16.4. The molecular weight excluding hydrogens is 334 g/mol. The fourth-order valence-corrected chi connectivity index (χ4v) is 2.62. The van der Waals surface area contributed by atoms with E-state index in [4.69, 9.17) is 14.0 Å². The van der Waals surface area contributed by atoms with E-state index in [1.807, 2.05) is 48.5 Å².